The van der Waals surface area contributed by atoms with Crippen LogP contribution in [0.4, 0.5) is 0 Å². The summed E-state index contributed by atoms with van der Waals surface area (Å²) in [5.41, 5.74) is 1.04. The summed E-state index contributed by atoms with van der Waals surface area (Å²) < 4.78 is 1.24. The lowest BCUT2D eigenvalue weighted by molar-refractivity contribution is 0.189. The SMILES string of the molecule is CN1CC(c2nc3cc(Cl)ccc3s2)C1. The van der Waals surface area contributed by atoms with E-state index in [2.05, 4.69) is 23.0 Å². The molecule has 2 nitrogen and oxygen atoms in total. The van der Waals surface area contributed by atoms with E-state index in [9.17, 15) is 0 Å². The lowest BCUT2D eigenvalue weighted by Crippen LogP contribution is -2.41. The highest BCUT2D eigenvalue weighted by molar-refractivity contribution is 7.18. The molecule has 1 saturated heterocycles. The Hall–Kier alpha value is -0.640. The Morgan fingerprint density at radius 3 is 3.00 bits per heavy atom. The minimum Gasteiger partial charge on any atom is -0.305 e. The first-order chi connectivity index (χ1) is 7.22. The second kappa shape index (κ2) is 3.44. The number of fused-ring (bicyclic) bond motifs is 1. The van der Waals surface area contributed by atoms with Crippen LogP contribution < -0.4 is 0 Å². The van der Waals surface area contributed by atoms with E-state index in [0.717, 1.165) is 23.6 Å². The number of halogens is 1. The number of benzene rings is 1. The van der Waals surface area contributed by atoms with Crippen molar-refractivity contribution < 1.29 is 0 Å². The quantitative estimate of drug-likeness (QED) is 0.760. The minimum atomic E-state index is 0.631. The highest BCUT2D eigenvalue weighted by Crippen LogP contribution is 2.33. The van der Waals surface area contributed by atoms with Crippen LogP contribution in [-0.2, 0) is 0 Å². The zero-order chi connectivity index (χ0) is 10.4. The number of likely N-dealkylation sites (tertiary alicyclic amines) is 1. The molecule has 1 aromatic heterocycles. The van der Waals surface area contributed by atoms with Crippen molar-refractivity contribution in [3.05, 3.63) is 28.2 Å². The van der Waals surface area contributed by atoms with Gasteiger partial charge in [-0.1, -0.05) is 11.6 Å². The number of hydrogen-bond acceptors (Lipinski definition) is 3. The molecule has 0 aliphatic carbocycles. The lowest BCUT2D eigenvalue weighted by Gasteiger charge is -2.34. The van der Waals surface area contributed by atoms with Gasteiger partial charge >= 0.3 is 0 Å². The Bertz CT molecular complexity index is 502. The summed E-state index contributed by atoms with van der Waals surface area (Å²) in [6.45, 7) is 2.26. The molecule has 1 aliphatic heterocycles. The summed E-state index contributed by atoms with van der Waals surface area (Å²) in [5.74, 6) is 0.631. The molecule has 1 fully saturated rings. The van der Waals surface area contributed by atoms with Crippen LogP contribution in [-0.4, -0.2) is 30.0 Å². The Kier molecular flexibility index (Phi) is 2.20. The summed E-state index contributed by atoms with van der Waals surface area (Å²) in [6, 6.07) is 5.93. The molecule has 78 valence electrons. The fourth-order valence-electron chi connectivity index (χ4n) is 1.95. The maximum absolute atomic E-state index is 5.93. The van der Waals surface area contributed by atoms with Crippen LogP contribution in [0.1, 0.15) is 10.9 Å². The van der Waals surface area contributed by atoms with Gasteiger partial charge in [-0.05, 0) is 25.2 Å². The molecule has 3 rings (SSSR count). The molecular weight excluding hydrogens is 228 g/mol. The molecular formula is C11H11ClN2S. The number of thiazole rings is 1. The first kappa shape index (κ1) is 9.58. The molecule has 0 radical (unpaired) electrons. The van der Waals surface area contributed by atoms with Crippen LogP contribution in [0, 0.1) is 0 Å². The second-order valence-corrected chi connectivity index (χ2v) is 5.58. The predicted molar refractivity (Wildman–Crippen MR) is 64.9 cm³/mol. The van der Waals surface area contributed by atoms with Gasteiger partial charge in [0.25, 0.3) is 0 Å². The molecule has 0 spiro atoms. The van der Waals surface area contributed by atoms with Crippen LogP contribution in [0.5, 0.6) is 0 Å². The molecule has 0 unspecified atom stereocenters. The first-order valence-corrected chi connectivity index (χ1v) is 6.16. The third-order valence-electron chi connectivity index (χ3n) is 2.78. The number of hydrogen-bond donors (Lipinski definition) is 0. The monoisotopic (exact) mass is 238 g/mol. The number of likely N-dealkylation sites (N-methyl/N-ethyl adjacent to an activating group) is 1. The molecule has 0 saturated carbocycles. The molecule has 1 aromatic carbocycles. The van der Waals surface area contributed by atoms with Gasteiger partial charge in [-0.15, -0.1) is 11.3 Å². The number of aromatic nitrogens is 1. The van der Waals surface area contributed by atoms with Crippen molar-refractivity contribution in [3.63, 3.8) is 0 Å². The Balaban J connectivity index is 1.99. The van der Waals surface area contributed by atoms with Crippen molar-refractivity contribution in [3.8, 4) is 0 Å². The van der Waals surface area contributed by atoms with Gasteiger partial charge in [0.2, 0.25) is 0 Å². The van der Waals surface area contributed by atoms with Crippen molar-refractivity contribution in [1.29, 1.82) is 0 Å². The second-order valence-electron chi connectivity index (χ2n) is 4.08. The van der Waals surface area contributed by atoms with E-state index in [1.807, 2.05) is 12.1 Å². The van der Waals surface area contributed by atoms with Crippen molar-refractivity contribution >= 4 is 33.2 Å². The van der Waals surface area contributed by atoms with E-state index < -0.39 is 0 Å². The van der Waals surface area contributed by atoms with Crippen molar-refractivity contribution in [2.24, 2.45) is 0 Å². The highest BCUT2D eigenvalue weighted by atomic mass is 35.5. The summed E-state index contributed by atoms with van der Waals surface area (Å²) in [5, 5.41) is 2.02. The first-order valence-electron chi connectivity index (χ1n) is 4.97. The Morgan fingerprint density at radius 2 is 2.27 bits per heavy atom. The topological polar surface area (TPSA) is 16.1 Å². The third-order valence-corrected chi connectivity index (χ3v) is 4.21. The lowest BCUT2D eigenvalue weighted by atomic mass is 10.0. The zero-order valence-corrected chi connectivity index (χ0v) is 9.98. The molecule has 2 aromatic rings. The van der Waals surface area contributed by atoms with Crippen LogP contribution in [0.25, 0.3) is 10.2 Å². The van der Waals surface area contributed by atoms with Gasteiger partial charge < -0.3 is 4.90 Å². The van der Waals surface area contributed by atoms with Crippen LogP contribution in [0.15, 0.2) is 18.2 Å². The molecule has 0 amide bonds. The molecule has 0 bridgehead atoms. The molecule has 2 heterocycles. The van der Waals surface area contributed by atoms with E-state index in [-0.39, 0.29) is 0 Å². The number of nitrogens with zero attached hydrogens (tertiary/aromatic N) is 2. The summed E-state index contributed by atoms with van der Waals surface area (Å²) in [6.07, 6.45) is 0. The van der Waals surface area contributed by atoms with E-state index in [4.69, 9.17) is 11.6 Å². The summed E-state index contributed by atoms with van der Waals surface area (Å²) >= 11 is 7.73. The third kappa shape index (κ3) is 1.65. The highest BCUT2D eigenvalue weighted by Gasteiger charge is 2.27. The zero-order valence-electron chi connectivity index (χ0n) is 8.40. The maximum Gasteiger partial charge on any atom is 0.0995 e. The van der Waals surface area contributed by atoms with E-state index in [1.54, 1.807) is 11.3 Å². The van der Waals surface area contributed by atoms with Crippen molar-refractivity contribution in [2.75, 3.05) is 20.1 Å². The average Bonchev–Trinajstić information content (AvgIpc) is 2.55. The molecule has 0 atom stereocenters. The largest absolute Gasteiger partial charge is 0.305 e. The van der Waals surface area contributed by atoms with Gasteiger partial charge in [0, 0.05) is 24.0 Å². The fourth-order valence-corrected chi connectivity index (χ4v) is 3.14. The molecule has 15 heavy (non-hydrogen) atoms. The van der Waals surface area contributed by atoms with Gasteiger partial charge in [0.15, 0.2) is 0 Å². The van der Waals surface area contributed by atoms with Gasteiger partial charge in [-0.3, -0.25) is 0 Å². The number of rotatable bonds is 1. The van der Waals surface area contributed by atoms with Gasteiger partial charge in [0.1, 0.15) is 0 Å². The smallest absolute Gasteiger partial charge is 0.0995 e. The van der Waals surface area contributed by atoms with E-state index >= 15 is 0 Å². The Morgan fingerprint density at radius 1 is 1.47 bits per heavy atom. The standard InChI is InChI=1S/C11H11ClN2S/c1-14-5-7(6-14)11-13-9-4-8(12)2-3-10(9)15-11/h2-4,7H,5-6H2,1H3. The van der Waals surface area contributed by atoms with Crippen LogP contribution in [0.2, 0.25) is 5.02 Å². The molecule has 1 aliphatic rings. The minimum absolute atomic E-state index is 0.631. The van der Waals surface area contributed by atoms with Gasteiger partial charge in [-0.25, -0.2) is 4.98 Å². The van der Waals surface area contributed by atoms with Gasteiger partial charge in [0.05, 0.1) is 15.2 Å². The van der Waals surface area contributed by atoms with Crippen LogP contribution in [0.3, 0.4) is 0 Å². The Labute approximate surface area is 97.5 Å². The van der Waals surface area contributed by atoms with Crippen LogP contribution >= 0.6 is 22.9 Å². The normalized spacial score (nSPS) is 18.3. The average molecular weight is 239 g/mol. The van der Waals surface area contributed by atoms with Crippen molar-refractivity contribution in [1.82, 2.24) is 9.88 Å². The van der Waals surface area contributed by atoms with Crippen molar-refractivity contribution in [2.45, 2.75) is 5.92 Å². The summed E-state index contributed by atoms with van der Waals surface area (Å²) in [4.78, 5) is 6.95. The summed E-state index contributed by atoms with van der Waals surface area (Å²) in [7, 11) is 2.14. The maximum atomic E-state index is 5.93. The molecule has 0 N–H and O–H groups in total. The molecule has 4 heteroatoms. The fraction of sp³-hybridized carbons (Fsp3) is 0.364. The van der Waals surface area contributed by atoms with E-state index in [1.165, 1.54) is 9.71 Å². The predicted octanol–water partition coefficient (Wildman–Crippen LogP) is 2.98. The van der Waals surface area contributed by atoms with Gasteiger partial charge in [-0.2, -0.15) is 0 Å². The van der Waals surface area contributed by atoms with E-state index in [0.29, 0.717) is 5.92 Å².